The third kappa shape index (κ3) is 4.88. The molecule has 0 spiro atoms. The maximum atomic E-state index is 5.72. The first-order chi connectivity index (χ1) is 13.5. The van der Waals surface area contributed by atoms with Crippen LogP contribution < -0.4 is 24.8 Å². The predicted octanol–water partition coefficient (Wildman–Crippen LogP) is 3.11. The van der Waals surface area contributed by atoms with E-state index in [1.54, 1.807) is 14.2 Å². The third-order valence-corrected chi connectivity index (χ3v) is 4.86. The summed E-state index contributed by atoms with van der Waals surface area (Å²) in [6.07, 6.45) is 0. The molecule has 3 rings (SSSR count). The molecule has 150 valence electrons. The molecule has 0 bridgehead atoms. The van der Waals surface area contributed by atoms with Crippen LogP contribution in [0.5, 0.6) is 17.2 Å². The molecular formula is C22H29N3O3. The Hall–Kier alpha value is -2.89. The van der Waals surface area contributed by atoms with Crippen LogP contribution in [0, 0.1) is 0 Å². The molecule has 0 radical (unpaired) electrons. The van der Waals surface area contributed by atoms with Crippen molar-refractivity contribution < 1.29 is 14.2 Å². The normalized spacial score (nSPS) is 13.8. The number of rotatable bonds is 6. The van der Waals surface area contributed by atoms with Crippen LogP contribution in [0.4, 0.5) is 0 Å². The number of guanidine groups is 1. The number of ether oxygens (including phenoxy) is 3. The maximum Gasteiger partial charge on any atom is 0.191 e. The number of fused-ring (bicyclic) bond motifs is 1. The molecule has 0 aliphatic carbocycles. The molecule has 0 saturated heterocycles. The summed E-state index contributed by atoms with van der Waals surface area (Å²) < 4.78 is 16.5. The molecule has 2 aromatic carbocycles. The van der Waals surface area contributed by atoms with E-state index in [-0.39, 0.29) is 5.41 Å². The van der Waals surface area contributed by atoms with Gasteiger partial charge in [0.15, 0.2) is 17.5 Å². The fourth-order valence-corrected chi connectivity index (χ4v) is 3.02. The van der Waals surface area contributed by atoms with E-state index in [0.29, 0.717) is 19.8 Å². The number of hydrogen-bond acceptors (Lipinski definition) is 4. The van der Waals surface area contributed by atoms with Gasteiger partial charge in [-0.25, -0.2) is 0 Å². The summed E-state index contributed by atoms with van der Waals surface area (Å²) in [6, 6.07) is 14.2. The average Bonchev–Trinajstić information content (AvgIpc) is 2.74. The van der Waals surface area contributed by atoms with Crippen LogP contribution in [0.2, 0.25) is 0 Å². The van der Waals surface area contributed by atoms with Crippen molar-refractivity contribution in [3.8, 4) is 17.2 Å². The van der Waals surface area contributed by atoms with E-state index in [1.807, 2.05) is 30.3 Å². The Bertz CT molecular complexity index is 816. The molecule has 0 aromatic heterocycles. The van der Waals surface area contributed by atoms with Crippen LogP contribution >= 0.6 is 0 Å². The summed E-state index contributed by atoms with van der Waals surface area (Å²) in [5, 5.41) is 6.77. The maximum absolute atomic E-state index is 5.72. The first-order valence-corrected chi connectivity index (χ1v) is 9.49. The quantitative estimate of drug-likeness (QED) is 0.593. The molecule has 2 aromatic rings. The molecule has 28 heavy (non-hydrogen) atoms. The van der Waals surface area contributed by atoms with Gasteiger partial charge in [0, 0.05) is 25.6 Å². The van der Waals surface area contributed by atoms with Gasteiger partial charge in [-0.15, -0.1) is 0 Å². The summed E-state index contributed by atoms with van der Waals surface area (Å²) >= 11 is 0. The third-order valence-electron chi connectivity index (χ3n) is 4.86. The van der Waals surface area contributed by atoms with Crippen molar-refractivity contribution >= 4 is 5.96 Å². The van der Waals surface area contributed by atoms with E-state index in [2.05, 4.69) is 41.6 Å². The van der Waals surface area contributed by atoms with Crippen molar-refractivity contribution in [3.05, 3.63) is 53.6 Å². The number of nitrogens with zero attached hydrogens (tertiary/aromatic N) is 1. The fraction of sp³-hybridized carbons (Fsp3) is 0.409. The molecule has 0 atom stereocenters. The molecule has 0 fully saturated rings. The molecule has 0 saturated carbocycles. The molecule has 1 aliphatic rings. The molecule has 6 heteroatoms. The van der Waals surface area contributed by atoms with Crippen LogP contribution in [0.15, 0.2) is 47.5 Å². The Morgan fingerprint density at radius 1 is 1.04 bits per heavy atom. The Kier molecular flexibility index (Phi) is 6.29. The van der Waals surface area contributed by atoms with Crippen LogP contribution in [0.3, 0.4) is 0 Å². The van der Waals surface area contributed by atoms with Crippen molar-refractivity contribution in [3.63, 3.8) is 0 Å². The highest BCUT2D eigenvalue weighted by Crippen LogP contribution is 2.34. The lowest BCUT2D eigenvalue weighted by molar-refractivity contribution is 0.171. The minimum absolute atomic E-state index is 0.104. The topological polar surface area (TPSA) is 64.1 Å². The van der Waals surface area contributed by atoms with E-state index in [0.717, 1.165) is 35.3 Å². The van der Waals surface area contributed by atoms with Gasteiger partial charge in [0.25, 0.3) is 0 Å². The molecule has 1 aliphatic heterocycles. The number of hydrogen-bond donors (Lipinski definition) is 2. The molecule has 6 nitrogen and oxygen atoms in total. The van der Waals surface area contributed by atoms with Crippen LogP contribution in [0.1, 0.15) is 25.0 Å². The second-order valence-corrected chi connectivity index (χ2v) is 7.37. The van der Waals surface area contributed by atoms with Crippen molar-refractivity contribution in [2.24, 2.45) is 4.99 Å². The highest BCUT2D eigenvalue weighted by molar-refractivity contribution is 5.79. The summed E-state index contributed by atoms with van der Waals surface area (Å²) in [5.41, 5.74) is 2.25. The van der Waals surface area contributed by atoms with Crippen LogP contribution in [-0.2, 0) is 12.0 Å². The molecule has 1 heterocycles. The minimum atomic E-state index is -0.104. The summed E-state index contributed by atoms with van der Waals surface area (Å²) in [6.45, 7) is 7.01. The highest BCUT2D eigenvalue weighted by Gasteiger charge is 2.23. The van der Waals surface area contributed by atoms with Crippen LogP contribution in [0.25, 0.3) is 0 Å². The number of methoxy groups -OCH3 is 1. The van der Waals surface area contributed by atoms with Crippen molar-refractivity contribution in [2.45, 2.75) is 25.8 Å². The number of nitrogens with one attached hydrogen (secondary N) is 2. The second-order valence-electron chi connectivity index (χ2n) is 7.37. The van der Waals surface area contributed by atoms with Crippen molar-refractivity contribution in [1.82, 2.24) is 10.6 Å². The van der Waals surface area contributed by atoms with E-state index >= 15 is 0 Å². The Morgan fingerprint density at radius 3 is 2.43 bits per heavy atom. The first-order valence-electron chi connectivity index (χ1n) is 9.49. The van der Waals surface area contributed by atoms with Gasteiger partial charge in [-0.2, -0.15) is 0 Å². The van der Waals surface area contributed by atoms with Gasteiger partial charge in [0.2, 0.25) is 0 Å². The zero-order chi connectivity index (χ0) is 20.0. The van der Waals surface area contributed by atoms with Gasteiger partial charge < -0.3 is 24.8 Å². The molecule has 0 amide bonds. The van der Waals surface area contributed by atoms with Gasteiger partial charge >= 0.3 is 0 Å². The summed E-state index contributed by atoms with van der Waals surface area (Å²) in [5.74, 6) is 3.25. The monoisotopic (exact) mass is 383 g/mol. The zero-order valence-electron chi connectivity index (χ0n) is 17.0. The standard InChI is InChI=1S/C22H29N3O3/c1-22(2,17-7-10-19-20(13-17)28-12-11-27-19)15-25-21(23-3)24-14-16-5-8-18(26-4)9-6-16/h5-10,13H,11-12,14-15H2,1-4H3,(H2,23,24,25). The first kappa shape index (κ1) is 19.9. The molecular weight excluding hydrogens is 354 g/mol. The predicted molar refractivity (Wildman–Crippen MR) is 112 cm³/mol. The lowest BCUT2D eigenvalue weighted by Gasteiger charge is -2.28. The number of benzene rings is 2. The fourth-order valence-electron chi connectivity index (χ4n) is 3.02. The van der Waals surface area contributed by atoms with Gasteiger partial charge in [0.1, 0.15) is 19.0 Å². The Labute approximate surface area is 166 Å². The average molecular weight is 383 g/mol. The van der Waals surface area contributed by atoms with Gasteiger partial charge in [-0.1, -0.05) is 32.0 Å². The van der Waals surface area contributed by atoms with Gasteiger partial charge in [-0.3, -0.25) is 4.99 Å². The minimum Gasteiger partial charge on any atom is -0.497 e. The van der Waals surface area contributed by atoms with Gasteiger partial charge in [0.05, 0.1) is 7.11 Å². The lowest BCUT2D eigenvalue weighted by atomic mass is 9.84. The smallest absolute Gasteiger partial charge is 0.191 e. The van der Waals surface area contributed by atoms with E-state index in [4.69, 9.17) is 14.2 Å². The highest BCUT2D eigenvalue weighted by atomic mass is 16.6. The van der Waals surface area contributed by atoms with Gasteiger partial charge in [-0.05, 0) is 35.4 Å². The lowest BCUT2D eigenvalue weighted by Crippen LogP contribution is -2.43. The van der Waals surface area contributed by atoms with Crippen LogP contribution in [-0.4, -0.2) is 39.9 Å². The largest absolute Gasteiger partial charge is 0.497 e. The Morgan fingerprint density at radius 2 is 1.75 bits per heavy atom. The zero-order valence-corrected chi connectivity index (χ0v) is 17.0. The van der Waals surface area contributed by atoms with E-state index in [9.17, 15) is 0 Å². The Balaban J connectivity index is 1.57. The summed E-state index contributed by atoms with van der Waals surface area (Å²) in [4.78, 5) is 4.33. The second kappa shape index (κ2) is 8.87. The SMILES string of the molecule is CN=C(NCc1ccc(OC)cc1)NCC(C)(C)c1ccc2c(c1)OCCO2. The summed E-state index contributed by atoms with van der Waals surface area (Å²) in [7, 11) is 3.45. The molecule has 0 unspecified atom stereocenters. The number of aliphatic imine (C=N–C) groups is 1. The van der Waals surface area contributed by atoms with Crippen molar-refractivity contribution in [1.29, 1.82) is 0 Å². The van der Waals surface area contributed by atoms with Crippen molar-refractivity contribution in [2.75, 3.05) is 33.9 Å². The van der Waals surface area contributed by atoms with E-state index in [1.165, 1.54) is 5.56 Å². The molecule has 2 N–H and O–H groups in total. The van der Waals surface area contributed by atoms with E-state index < -0.39 is 0 Å².